The minimum atomic E-state index is -1.56. The quantitative estimate of drug-likeness (QED) is 0.105. The molecule has 0 aromatic carbocycles. The number of aromatic amines is 1. The number of likely N-dealkylation sites (N-methyl/N-ethyl adjacent to an activating group) is 1. The Balaban J connectivity index is 1.46. The van der Waals surface area contributed by atoms with Gasteiger partial charge in [0, 0.05) is 13.5 Å². The predicted octanol–water partition coefficient (Wildman–Crippen LogP) is 1.99. The average molecular weight is 636 g/mol. The van der Waals surface area contributed by atoms with Crippen LogP contribution in [-0.4, -0.2) is 113 Å². The van der Waals surface area contributed by atoms with E-state index in [1.54, 1.807) is 0 Å². The lowest BCUT2D eigenvalue weighted by atomic mass is 9.94. The van der Waals surface area contributed by atoms with Gasteiger partial charge in [-0.1, -0.05) is 77.6 Å². The summed E-state index contributed by atoms with van der Waals surface area (Å²) in [5.41, 5.74) is 0.832. The third-order valence-corrected chi connectivity index (χ3v) is 8.52. The number of hydrogen-bond donors (Lipinski definition) is 7. The van der Waals surface area contributed by atoms with Crippen molar-refractivity contribution in [1.29, 1.82) is 0 Å². The van der Waals surface area contributed by atoms with Gasteiger partial charge in [-0.2, -0.15) is 0 Å². The third kappa shape index (κ3) is 10.6. The summed E-state index contributed by atoms with van der Waals surface area (Å²) < 4.78 is 5.81. The number of ether oxygens (including phenoxy) is 1. The Hall–Kier alpha value is -2.91. The normalized spacial score (nSPS) is 23.0. The van der Waals surface area contributed by atoms with Crippen molar-refractivity contribution in [3.8, 4) is 0 Å². The number of aliphatic hydroxyl groups excluding tert-OH is 4. The van der Waals surface area contributed by atoms with E-state index in [-0.39, 0.29) is 18.1 Å². The van der Waals surface area contributed by atoms with Gasteiger partial charge in [-0.15, -0.1) is 0 Å². The summed E-state index contributed by atoms with van der Waals surface area (Å²) >= 11 is 0. The van der Waals surface area contributed by atoms with E-state index in [1.807, 2.05) is 0 Å². The molecule has 3 heterocycles. The van der Waals surface area contributed by atoms with E-state index in [1.165, 1.54) is 82.9 Å². The van der Waals surface area contributed by atoms with Gasteiger partial charge in [-0.25, -0.2) is 15.0 Å². The van der Waals surface area contributed by atoms with Crippen LogP contribution in [0.15, 0.2) is 12.7 Å². The number of nitrogens with one attached hydrogen (secondary N) is 3. The highest BCUT2D eigenvalue weighted by Gasteiger charge is 2.46. The van der Waals surface area contributed by atoms with Crippen LogP contribution in [0.2, 0.25) is 0 Å². The monoisotopic (exact) mass is 635 g/mol. The van der Waals surface area contributed by atoms with Crippen molar-refractivity contribution in [3.05, 3.63) is 12.7 Å². The summed E-state index contributed by atoms with van der Waals surface area (Å²) in [6, 6.07) is -2.47. The Bertz CT molecular complexity index is 1160. The van der Waals surface area contributed by atoms with Crippen LogP contribution < -0.4 is 10.6 Å². The maximum Gasteiger partial charge on any atom is 0.245 e. The van der Waals surface area contributed by atoms with Crippen molar-refractivity contribution in [1.82, 2.24) is 30.2 Å². The minimum absolute atomic E-state index is 0.248. The molecule has 3 rings (SSSR count). The number of anilines is 1. The topological polar surface area (TPSA) is 206 Å². The Kier molecular flexibility index (Phi) is 15.4. The molecule has 0 radical (unpaired) electrons. The molecule has 0 bridgehead atoms. The second kappa shape index (κ2) is 18.9. The minimum Gasteiger partial charge on any atom is -0.394 e. The van der Waals surface area contributed by atoms with Crippen molar-refractivity contribution in [2.24, 2.45) is 0 Å². The number of amides is 2. The molecule has 1 saturated heterocycles. The van der Waals surface area contributed by atoms with Gasteiger partial charge in [-0.05, 0) is 13.3 Å². The zero-order chi connectivity index (χ0) is 32.8. The van der Waals surface area contributed by atoms with Crippen LogP contribution in [0.3, 0.4) is 0 Å². The number of nitrogens with zero attached hydrogens (tertiary/aromatic N) is 4. The molecule has 1 fully saturated rings. The van der Waals surface area contributed by atoms with Crippen molar-refractivity contribution in [2.45, 2.75) is 140 Å². The molecule has 1 aliphatic rings. The first kappa shape index (κ1) is 36.6. The molecule has 45 heavy (non-hydrogen) atoms. The third-order valence-electron chi connectivity index (χ3n) is 8.52. The summed E-state index contributed by atoms with van der Waals surface area (Å²) in [5.74, 6) is -0.757. The van der Waals surface area contributed by atoms with Crippen molar-refractivity contribution < 1.29 is 34.8 Å². The maximum absolute atomic E-state index is 13.3. The molecule has 0 saturated carbocycles. The van der Waals surface area contributed by atoms with E-state index in [0.717, 1.165) is 19.3 Å². The highest BCUT2D eigenvalue weighted by Crippen LogP contribution is 2.25. The summed E-state index contributed by atoms with van der Waals surface area (Å²) in [6.07, 6.45) is 10.4. The number of fused-ring (bicyclic) bond motifs is 1. The van der Waals surface area contributed by atoms with E-state index < -0.39 is 55.2 Å². The number of aliphatic hydroxyl groups is 4. The predicted molar refractivity (Wildman–Crippen MR) is 169 cm³/mol. The summed E-state index contributed by atoms with van der Waals surface area (Å²) in [6.45, 7) is 3.04. The molecule has 0 aliphatic carbocycles. The van der Waals surface area contributed by atoms with Gasteiger partial charge < -0.3 is 45.7 Å². The molecule has 0 unspecified atom stereocenters. The Morgan fingerprint density at radius 3 is 2.20 bits per heavy atom. The number of carbonyl (C=O) groups excluding carboxylic acids is 2. The lowest BCUT2D eigenvalue weighted by molar-refractivity contribution is -0.186. The second-order valence-corrected chi connectivity index (χ2v) is 12.1. The highest BCUT2D eigenvalue weighted by molar-refractivity contribution is 5.88. The van der Waals surface area contributed by atoms with E-state index in [9.17, 15) is 30.0 Å². The smallest absolute Gasteiger partial charge is 0.245 e. The van der Waals surface area contributed by atoms with Crippen LogP contribution in [0.5, 0.6) is 0 Å². The SMILES string of the molecule is CCCCCCCCCCCCCCC(=O)N(C)[C@H](C(=O)N[C@@H]1[C@@H](O)[C@H](O)[C@@H](Nc2ncnc3nc[nH]c23)O[C@H]1CO)[C@@H](C)O. The molecular formula is C31H53N7O7. The molecule has 254 valence electrons. The van der Waals surface area contributed by atoms with Crippen LogP contribution in [0.25, 0.3) is 11.2 Å². The summed E-state index contributed by atoms with van der Waals surface area (Å²) in [4.78, 5) is 42.6. The summed E-state index contributed by atoms with van der Waals surface area (Å²) in [7, 11) is 1.46. The lowest BCUT2D eigenvalue weighted by Gasteiger charge is -2.43. The van der Waals surface area contributed by atoms with Gasteiger partial charge in [0.05, 0.1) is 25.1 Å². The molecule has 2 aromatic rings. The number of imidazole rings is 1. The molecule has 2 aromatic heterocycles. The second-order valence-electron chi connectivity index (χ2n) is 12.1. The fraction of sp³-hybridized carbons (Fsp3) is 0.774. The van der Waals surface area contributed by atoms with E-state index in [2.05, 4.69) is 37.5 Å². The van der Waals surface area contributed by atoms with Gasteiger partial charge in [0.25, 0.3) is 0 Å². The molecule has 7 N–H and O–H groups in total. The highest BCUT2D eigenvalue weighted by atomic mass is 16.5. The van der Waals surface area contributed by atoms with Gasteiger partial charge in [0.15, 0.2) is 17.7 Å². The Morgan fingerprint density at radius 2 is 1.60 bits per heavy atom. The fourth-order valence-corrected chi connectivity index (χ4v) is 5.85. The molecular weight excluding hydrogens is 582 g/mol. The zero-order valence-electron chi connectivity index (χ0n) is 26.9. The van der Waals surface area contributed by atoms with Gasteiger partial charge in [-0.3, -0.25) is 9.59 Å². The van der Waals surface area contributed by atoms with Crippen LogP contribution in [0.1, 0.15) is 97.3 Å². The van der Waals surface area contributed by atoms with E-state index in [4.69, 9.17) is 4.74 Å². The van der Waals surface area contributed by atoms with Crippen LogP contribution in [0.4, 0.5) is 5.82 Å². The fourth-order valence-electron chi connectivity index (χ4n) is 5.85. The first-order valence-electron chi connectivity index (χ1n) is 16.5. The standard InChI is InChI=1S/C31H53N7O7/c1-4-5-6-7-8-9-10-11-12-13-14-15-16-22(41)38(3)25(20(2)40)30(44)36-23-21(17-39)45-31(27(43)26(23)42)37-29-24-28(33-18-32-24)34-19-35-29/h18-21,23,25-27,31,39-40,42-43H,4-17H2,1-3H3,(H,36,44)(H2,32,33,34,35,37)/t20-,21+,23+,25+,26-,27+,31+/m1/s1. The van der Waals surface area contributed by atoms with Crippen LogP contribution in [-0.2, 0) is 14.3 Å². The van der Waals surface area contributed by atoms with Crippen molar-refractivity contribution >= 4 is 28.8 Å². The van der Waals surface area contributed by atoms with Crippen LogP contribution in [0, 0.1) is 0 Å². The molecule has 1 aliphatic heterocycles. The number of rotatable bonds is 20. The van der Waals surface area contributed by atoms with Gasteiger partial charge in [0.2, 0.25) is 11.8 Å². The molecule has 7 atom stereocenters. The van der Waals surface area contributed by atoms with Gasteiger partial charge >= 0.3 is 0 Å². The average Bonchev–Trinajstić information content (AvgIpc) is 3.51. The van der Waals surface area contributed by atoms with Crippen LogP contribution >= 0.6 is 0 Å². The van der Waals surface area contributed by atoms with E-state index >= 15 is 0 Å². The molecule has 2 amide bonds. The first-order chi connectivity index (χ1) is 21.7. The number of carbonyl (C=O) groups is 2. The van der Waals surface area contributed by atoms with Crippen molar-refractivity contribution in [3.63, 3.8) is 0 Å². The first-order valence-corrected chi connectivity index (χ1v) is 16.5. The molecule has 14 heteroatoms. The summed E-state index contributed by atoms with van der Waals surface area (Å²) in [5, 5.41) is 47.8. The van der Waals surface area contributed by atoms with Crippen molar-refractivity contribution in [2.75, 3.05) is 19.0 Å². The number of unbranched alkanes of at least 4 members (excludes halogenated alkanes) is 11. The number of aromatic nitrogens is 4. The number of hydrogen-bond acceptors (Lipinski definition) is 11. The van der Waals surface area contributed by atoms with E-state index in [0.29, 0.717) is 17.6 Å². The Morgan fingerprint density at radius 1 is 0.978 bits per heavy atom. The van der Waals surface area contributed by atoms with Gasteiger partial charge in [0.1, 0.15) is 36.2 Å². The zero-order valence-corrected chi connectivity index (χ0v) is 26.9. The number of H-pyrrole nitrogens is 1. The maximum atomic E-state index is 13.3. The molecule has 14 nitrogen and oxygen atoms in total. The lowest BCUT2D eigenvalue weighted by Crippen LogP contribution is -2.67. The Labute approximate surface area is 265 Å². The molecule has 0 spiro atoms. The largest absolute Gasteiger partial charge is 0.394 e.